The van der Waals surface area contributed by atoms with E-state index in [0.717, 1.165) is 271 Å². The summed E-state index contributed by atoms with van der Waals surface area (Å²) in [5, 5.41) is 53.6. The Hall–Kier alpha value is -11.0. The molecule has 4 aliphatic rings. The van der Waals surface area contributed by atoms with Crippen LogP contribution in [-0.2, 0) is 83.2 Å². The molecule has 0 unspecified atom stereocenters. The zero-order valence-corrected chi connectivity index (χ0v) is 86.5. The molecule has 0 saturated carbocycles. The van der Waals surface area contributed by atoms with Crippen LogP contribution in [0.25, 0.3) is 0 Å². The molecule has 12 aromatic rings. The van der Waals surface area contributed by atoms with Crippen molar-refractivity contribution in [3.05, 3.63) is 361 Å². The lowest BCUT2D eigenvalue weighted by molar-refractivity contribution is 0.0384. The number of nitrogens with one attached hydrogen (secondary N) is 11. The van der Waals surface area contributed by atoms with Gasteiger partial charge in [0.25, 0.3) is 0 Å². The van der Waals surface area contributed by atoms with E-state index in [1.54, 1.807) is 24.8 Å². The Morgan fingerprint density at radius 3 is 0.750 bits per heavy atom. The summed E-state index contributed by atoms with van der Waals surface area (Å²) in [6, 6.07) is 71.5. The van der Waals surface area contributed by atoms with Crippen LogP contribution >= 0.6 is 0 Å². The van der Waals surface area contributed by atoms with E-state index in [9.17, 15) is 0 Å². The highest BCUT2D eigenvalue weighted by molar-refractivity contribution is 5.12. The molecule has 144 heavy (non-hydrogen) atoms. The van der Waals surface area contributed by atoms with Crippen molar-refractivity contribution in [1.82, 2.24) is 148 Å². The van der Waals surface area contributed by atoms with Crippen LogP contribution < -0.4 is 58.5 Å². The number of nitrogens with zero attached hydrogens (tertiary/aromatic N) is 18. The van der Waals surface area contributed by atoms with Crippen molar-refractivity contribution in [2.24, 2.45) is 0 Å². The first kappa shape index (κ1) is 120. The number of piperidine rings is 1. The maximum absolute atomic E-state index is 8.51. The van der Waals surface area contributed by atoms with Gasteiger partial charge in [-0.25, -0.2) is 0 Å². The van der Waals surface area contributed by atoms with Crippen molar-refractivity contribution in [2.45, 2.75) is 123 Å². The van der Waals surface area contributed by atoms with Crippen molar-refractivity contribution >= 4 is 0 Å². The predicted molar refractivity (Wildman–Crippen MR) is 583 cm³/mol. The minimum Gasteiger partial charge on any atom is -0.396 e. The smallest absolute Gasteiger partial charge is 0.0594 e. The third kappa shape index (κ3) is 66.1. The molecule has 13 N–H and O–H groups in total. The molecular weight excluding hydrogens is 1800 g/mol. The van der Waals surface area contributed by atoms with Crippen LogP contribution in [0.3, 0.4) is 0 Å². The summed E-state index contributed by atoms with van der Waals surface area (Å²) < 4.78 is 5.30. The predicted octanol–water partition coefficient (Wildman–Crippen LogP) is 9.65. The summed E-state index contributed by atoms with van der Waals surface area (Å²) in [5.41, 5.74) is 13.0. The van der Waals surface area contributed by atoms with Crippen LogP contribution in [0.15, 0.2) is 293 Å². The molecule has 4 saturated heterocycles. The van der Waals surface area contributed by atoms with Crippen molar-refractivity contribution in [3.63, 3.8) is 0 Å². The van der Waals surface area contributed by atoms with Gasteiger partial charge in [0.1, 0.15) is 0 Å². The molecule has 0 aliphatic carbocycles. The van der Waals surface area contributed by atoms with Crippen LogP contribution in [0, 0.1) is 0 Å². The van der Waals surface area contributed by atoms with Gasteiger partial charge in [-0.15, -0.1) is 0 Å². The molecule has 0 amide bonds. The highest BCUT2D eigenvalue weighted by Crippen LogP contribution is 2.10. The van der Waals surface area contributed by atoms with Crippen LogP contribution in [-0.4, -0.2) is 318 Å². The van der Waals surface area contributed by atoms with E-state index in [2.05, 4.69) is 194 Å². The Balaban J connectivity index is 0.000000217. The largest absolute Gasteiger partial charge is 0.396 e. The standard InChI is InChI=1S/C13H21N3.C13H15N3.C12H20N4.C12H19N3O.C12H13N3.C12H19N3.C11H19N3.C10H17N3.C9H14N2O.C8H12N2O/c1-4-9-16(10-5-1)11-8-14-12-13-6-2-3-7-15-13;1-3-8-15-12(5-1)7-10-14-11-13-6-2-4-9-16-13;1-2-4-15-12(3-1)11-14-7-10-16-8-5-13-6-9-16;1-2-4-14-12(3-1)11-13-5-6-15-7-9-16-10-8-15;1-3-7-14-11(5-1)9-13-10-12-6-2-4-8-15-12;1-2-6-14-12(5-1)11-13-7-10-15-8-3-4-9-15;1-14(2)9-5-7-12-10-11-6-3-4-8-13-11;1-13(2)8-7-11-9-10-5-3-4-6-12-10;12-7-3-5-10-8-9-4-1-2-6-11-9;11-6-5-9-7-8-3-1-2-4-10-8/h2-3,6-7,14H,1,4-5,8-12H2;1-6,8-9,14H,7,10-11H2;1-4,13-14H,5-11H2;1-4,13H,5-11H2;1-8,13H,9-10H2;1-2,5-6,13H,3-4,7-11H2;3-4,6,8,12H,5,7,9-10H2,1-2H3;3-6,11H,7-9H2,1-2H3;1-2,4,6,10,12H,3,5,7-8H2;1-4,9,11H,5-7H2. The quantitative estimate of drug-likeness (QED) is 0.0158. The molecule has 0 atom stereocenters. The van der Waals surface area contributed by atoms with Gasteiger partial charge < -0.3 is 93.0 Å². The third-order valence-electron chi connectivity index (χ3n) is 22.5. The molecule has 4 aliphatic heterocycles. The Bertz CT molecular complexity index is 4520. The second-order valence-corrected chi connectivity index (χ2v) is 35.1. The van der Waals surface area contributed by atoms with E-state index in [1.807, 2.05) is 250 Å². The highest BCUT2D eigenvalue weighted by atomic mass is 16.5. The second-order valence-electron chi connectivity index (χ2n) is 35.1. The number of aromatic nitrogens is 12. The molecule has 0 spiro atoms. The van der Waals surface area contributed by atoms with E-state index in [-0.39, 0.29) is 13.2 Å². The number of morpholine rings is 1. The molecule has 780 valence electrons. The maximum Gasteiger partial charge on any atom is 0.0594 e. The van der Waals surface area contributed by atoms with Crippen LogP contribution in [0.5, 0.6) is 0 Å². The fourth-order valence-electron chi connectivity index (χ4n) is 14.6. The van der Waals surface area contributed by atoms with Gasteiger partial charge in [-0.05, 0) is 258 Å². The van der Waals surface area contributed by atoms with Gasteiger partial charge >= 0.3 is 0 Å². The Morgan fingerprint density at radius 1 is 0.243 bits per heavy atom. The van der Waals surface area contributed by atoms with E-state index >= 15 is 0 Å². The van der Waals surface area contributed by atoms with Crippen LogP contribution in [0.2, 0.25) is 0 Å². The van der Waals surface area contributed by atoms with Crippen LogP contribution in [0.1, 0.15) is 113 Å². The summed E-state index contributed by atoms with van der Waals surface area (Å²) >= 11 is 0. The number of piperazine rings is 1. The average Bonchev–Trinajstić information content (AvgIpc) is 1.30. The molecule has 12 aromatic heterocycles. The summed E-state index contributed by atoms with van der Waals surface area (Å²) in [7, 11) is 8.34. The van der Waals surface area contributed by atoms with E-state index in [1.165, 1.54) is 90.9 Å². The molecule has 32 nitrogen and oxygen atoms in total. The van der Waals surface area contributed by atoms with Gasteiger partial charge in [-0.3, -0.25) is 69.6 Å². The van der Waals surface area contributed by atoms with E-state index in [4.69, 9.17) is 14.9 Å². The normalized spacial score (nSPS) is 13.4. The Labute approximate surface area is 860 Å². The SMILES string of the molecule is CN(C)CCCNCc1ccccn1.CN(C)CCNCc1ccccn1.OCCCNCc1ccccn1.OCCNCc1ccccn1.c1ccc(CCNCc2ccccn2)nc1.c1ccc(CNCCN2CCCC2)nc1.c1ccc(CNCCN2CCCCC2)nc1.c1ccc(CNCCN2CCNCC2)nc1.c1ccc(CNCCN2CCOCC2)nc1.c1ccc(CNCc2ccccn2)nc1. The lowest BCUT2D eigenvalue weighted by Crippen LogP contribution is -2.45. The lowest BCUT2D eigenvalue weighted by atomic mass is 10.1. The number of aliphatic hydroxyl groups excluding tert-OH is 2. The number of aliphatic hydroxyl groups is 2. The summed E-state index contributed by atoms with van der Waals surface area (Å²) in [4.78, 5) is 65.1. The first-order chi connectivity index (χ1) is 71.1. The van der Waals surface area contributed by atoms with Crippen molar-refractivity contribution < 1.29 is 14.9 Å². The summed E-state index contributed by atoms with van der Waals surface area (Å²) in [6.45, 7) is 38.5. The zero-order valence-electron chi connectivity index (χ0n) is 86.5. The summed E-state index contributed by atoms with van der Waals surface area (Å²) in [6.07, 6.45) is 31.7. The molecule has 16 rings (SSSR count). The van der Waals surface area contributed by atoms with Gasteiger partial charge in [-0.2, -0.15) is 0 Å². The van der Waals surface area contributed by atoms with Gasteiger partial charge in [0, 0.05) is 283 Å². The first-order valence-corrected chi connectivity index (χ1v) is 51.7. The molecule has 0 aromatic carbocycles. The topological polar surface area (TPSA) is 356 Å². The second kappa shape index (κ2) is 85.3. The molecule has 32 heteroatoms. The average molecular weight is 1970 g/mol. The number of hydrogen-bond donors (Lipinski definition) is 13. The minimum atomic E-state index is 0.173. The van der Waals surface area contributed by atoms with Crippen molar-refractivity contribution in [3.8, 4) is 0 Å². The molecular formula is C112H169N29O3. The summed E-state index contributed by atoms with van der Waals surface area (Å²) in [5.74, 6) is 0. The molecule has 4 fully saturated rings. The maximum atomic E-state index is 8.51. The molecule has 16 heterocycles. The van der Waals surface area contributed by atoms with E-state index < -0.39 is 0 Å². The first-order valence-electron chi connectivity index (χ1n) is 51.7. The van der Waals surface area contributed by atoms with Gasteiger partial charge in [0.2, 0.25) is 0 Å². The highest BCUT2D eigenvalue weighted by Gasteiger charge is 2.14. The van der Waals surface area contributed by atoms with Crippen molar-refractivity contribution in [2.75, 3.05) is 218 Å². The Morgan fingerprint density at radius 2 is 0.479 bits per heavy atom. The number of likely N-dealkylation sites (N-methyl/N-ethyl adjacent to an activating group) is 1. The third-order valence-corrected chi connectivity index (χ3v) is 22.5. The van der Waals surface area contributed by atoms with Crippen LogP contribution in [0.4, 0.5) is 0 Å². The number of hydrogen-bond acceptors (Lipinski definition) is 32. The Kier molecular flexibility index (Phi) is 71.0. The van der Waals surface area contributed by atoms with Gasteiger partial charge in [0.05, 0.1) is 82.5 Å². The fraction of sp³-hybridized carbons (Fsp3) is 0.464. The number of pyridine rings is 12. The zero-order chi connectivity index (χ0) is 101. The van der Waals surface area contributed by atoms with E-state index in [0.29, 0.717) is 6.54 Å². The number of likely N-dealkylation sites (tertiary alicyclic amines) is 2. The number of rotatable bonds is 49. The van der Waals surface area contributed by atoms with Gasteiger partial charge in [-0.1, -0.05) is 79.2 Å². The minimum absolute atomic E-state index is 0.173. The fourth-order valence-corrected chi connectivity index (χ4v) is 14.6. The number of ether oxygens (including phenoxy) is 1. The molecule has 0 bridgehead atoms. The van der Waals surface area contributed by atoms with Crippen molar-refractivity contribution in [1.29, 1.82) is 0 Å². The molecule has 0 radical (unpaired) electrons. The monoisotopic (exact) mass is 1970 g/mol. The van der Waals surface area contributed by atoms with Gasteiger partial charge in [0.15, 0.2) is 0 Å². The lowest BCUT2D eigenvalue weighted by Gasteiger charge is -2.27.